The Kier molecular flexibility index (Phi) is 5.22. The van der Waals surface area contributed by atoms with E-state index in [9.17, 15) is 18.0 Å². The number of hydrogen-bond acceptors (Lipinski definition) is 6. The van der Waals surface area contributed by atoms with Crippen molar-refractivity contribution in [2.24, 2.45) is 0 Å². The number of rotatable bonds is 5. The number of hydrogen-bond donors (Lipinski definition) is 0. The molecule has 0 spiro atoms. The maximum Gasteiger partial charge on any atom is 0.433 e. The molecule has 176 valence electrons. The minimum atomic E-state index is -4.63. The average Bonchev–Trinajstić information content (AvgIpc) is 3.48. The zero-order chi connectivity index (χ0) is 23.9. The summed E-state index contributed by atoms with van der Waals surface area (Å²) in [7, 11) is 0. The predicted octanol–water partition coefficient (Wildman–Crippen LogP) is 3.51. The number of carbonyl (C=O) groups is 1. The van der Waals surface area contributed by atoms with Gasteiger partial charge in [-0.1, -0.05) is 0 Å². The van der Waals surface area contributed by atoms with Crippen molar-refractivity contribution in [1.82, 2.24) is 34.0 Å². The molecule has 0 bridgehead atoms. The molecular weight excluding hydrogens is 451 g/mol. The molecule has 12 heteroatoms. The summed E-state index contributed by atoms with van der Waals surface area (Å²) < 4.78 is 49.6. The highest BCUT2D eigenvalue weighted by Gasteiger charge is 2.46. The summed E-state index contributed by atoms with van der Waals surface area (Å²) in [6.45, 7) is 1.98. The Morgan fingerprint density at radius 2 is 2.03 bits per heavy atom. The van der Waals surface area contributed by atoms with Gasteiger partial charge in [-0.05, 0) is 38.0 Å². The smallest absolute Gasteiger partial charge is 0.433 e. The van der Waals surface area contributed by atoms with Crippen molar-refractivity contribution in [2.45, 2.75) is 38.1 Å². The molecule has 5 rings (SSSR count). The molecule has 0 aromatic carbocycles. The van der Waals surface area contributed by atoms with Crippen LogP contribution in [-0.4, -0.2) is 47.0 Å². The second-order valence-electron chi connectivity index (χ2n) is 7.99. The second-order valence-corrected chi connectivity index (χ2v) is 7.99. The van der Waals surface area contributed by atoms with Gasteiger partial charge < -0.3 is 9.64 Å². The number of carbonyl (C=O) groups excluding carboxylic acids is 1. The number of piperidine rings is 1. The quantitative estimate of drug-likeness (QED) is 0.414. The normalized spacial score (nSPS) is 18.9. The molecule has 9 nitrogen and oxygen atoms in total. The number of aromatic nitrogens is 6. The molecule has 34 heavy (non-hydrogen) atoms. The van der Waals surface area contributed by atoms with Gasteiger partial charge in [0.25, 0.3) is 5.88 Å². The van der Waals surface area contributed by atoms with Crippen LogP contribution in [0, 0.1) is 6.92 Å². The van der Waals surface area contributed by atoms with E-state index < -0.39 is 17.6 Å². The van der Waals surface area contributed by atoms with Crippen LogP contribution in [0.3, 0.4) is 0 Å². The van der Waals surface area contributed by atoms with Gasteiger partial charge in [-0.2, -0.15) is 18.3 Å². The van der Waals surface area contributed by atoms with Crippen molar-refractivity contribution in [2.75, 3.05) is 6.54 Å². The van der Waals surface area contributed by atoms with Crippen LogP contribution in [0.25, 0.3) is 11.5 Å². The lowest BCUT2D eigenvalue weighted by Gasteiger charge is -2.45. The number of halogens is 3. The first-order valence-electron chi connectivity index (χ1n) is 10.6. The average molecular weight is 471 g/mol. The fourth-order valence-electron chi connectivity index (χ4n) is 4.36. The predicted molar refractivity (Wildman–Crippen MR) is 113 cm³/mol. The molecule has 1 aliphatic rings. The van der Waals surface area contributed by atoms with E-state index >= 15 is 0 Å². The number of pyridine rings is 1. The molecule has 4 aromatic rings. The topological polar surface area (TPSA) is 90.4 Å². The van der Waals surface area contributed by atoms with E-state index in [1.165, 1.54) is 11.1 Å². The summed E-state index contributed by atoms with van der Waals surface area (Å²) in [6.07, 6.45) is 4.76. The standard InChI is InChI=1S/C22H20F3N7O2/c1-15-13-31-17(22(23,24)25)12-27-20(19(31)29-15)34-21(7-2-3-10-30(21)14-33)16-6-4-8-26-18(16)32-11-5-9-28-32/h4-6,8-9,11-14H,2-3,7,10H2,1H3. The van der Waals surface area contributed by atoms with Crippen LogP contribution < -0.4 is 4.74 Å². The van der Waals surface area contributed by atoms with Crippen molar-refractivity contribution in [3.63, 3.8) is 0 Å². The summed E-state index contributed by atoms with van der Waals surface area (Å²) in [6, 6.07) is 5.21. The van der Waals surface area contributed by atoms with Gasteiger partial charge in [0.05, 0.1) is 17.5 Å². The number of imidazole rings is 1. The van der Waals surface area contributed by atoms with E-state index in [0.29, 0.717) is 49.1 Å². The highest BCUT2D eigenvalue weighted by atomic mass is 19.4. The summed E-state index contributed by atoms with van der Waals surface area (Å²) in [5, 5.41) is 4.26. The molecule has 0 radical (unpaired) electrons. The van der Waals surface area contributed by atoms with E-state index in [0.717, 1.165) is 10.8 Å². The SMILES string of the molecule is Cc1cn2c(C(F)(F)F)cnc(OC3(c4cccnc4-n4cccn4)CCCCN3C=O)c2n1. The van der Waals surface area contributed by atoms with E-state index in [4.69, 9.17) is 4.74 Å². The monoisotopic (exact) mass is 471 g/mol. The highest BCUT2D eigenvalue weighted by molar-refractivity contribution is 5.55. The lowest BCUT2D eigenvalue weighted by atomic mass is 9.91. The maximum atomic E-state index is 13.6. The van der Waals surface area contributed by atoms with Gasteiger partial charge in [0.2, 0.25) is 17.8 Å². The third-order valence-electron chi connectivity index (χ3n) is 5.82. The number of aryl methyl sites for hydroxylation is 1. The fraction of sp³-hybridized carbons (Fsp3) is 0.318. The lowest BCUT2D eigenvalue weighted by Crippen LogP contribution is -2.53. The third kappa shape index (κ3) is 3.55. The molecule has 1 fully saturated rings. The number of nitrogens with zero attached hydrogens (tertiary/aromatic N) is 7. The molecule has 1 saturated heterocycles. The van der Waals surface area contributed by atoms with Crippen LogP contribution in [0.5, 0.6) is 5.88 Å². The first kappa shape index (κ1) is 21.9. The highest BCUT2D eigenvalue weighted by Crippen LogP contribution is 2.42. The number of amides is 1. The van der Waals surface area contributed by atoms with Crippen LogP contribution in [0.2, 0.25) is 0 Å². The molecule has 1 amide bonds. The Balaban J connectivity index is 1.72. The van der Waals surface area contributed by atoms with Gasteiger partial charge in [-0.3, -0.25) is 9.20 Å². The number of ether oxygens (including phenoxy) is 1. The van der Waals surface area contributed by atoms with Crippen LogP contribution in [0.1, 0.15) is 36.2 Å². The zero-order valence-corrected chi connectivity index (χ0v) is 18.1. The van der Waals surface area contributed by atoms with Gasteiger partial charge in [-0.25, -0.2) is 19.6 Å². The van der Waals surface area contributed by atoms with E-state index in [1.807, 2.05) is 0 Å². The minimum Gasteiger partial charge on any atom is -0.444 e. The Morgan fingerprint density at radius 3 is 2.76 bits per heavy atom. The van der Waals surface area contributed by atoms with E-state index in [-0.39, 0.29) is 11.5 Å². The van der Waals surface area contributed by atoms with Gasteiger partial charge in [0.15, 0.2) is 5.82 Å². The molecule has 5 heterocycles. The van der Waals surface area contributed by atoms with E-state index in [2.05, 4.69) is 20.1 Å². The molecule has 1 atom stereocenters. The largest absolute Gasteiger partial charge is 0.444 e. The number of likely N-dealkylation sites (tertiary alicyclic amines) is 1. The van der Waals surface area contributed by atoms with Gasteiger partial charge in [-0.15, -0.1) is 0 Å². The van der Waals surface area contributed by atoms with Crippen molar-refractivity contribution < 1.29 is 22.7 Å². The lowest BCUT2D eigenvalue weighted by molar-refractivity contribution is -0.151. The molecule has 0 aliphatic carbocycles. The number of fused-ring (bicyclic) bond motifs is 1. The van der Waals surface area contributed by atoms with Crippen LogP contribution >= 0.6 is 0 Å². The maximum absolute atomic E-state index is 13.6. The molecule has 0 saturated carbocycles. The van der Waals surface area contributed by atoms with Gasteiger partial charge >= 0.3 is 6.18 Å². The molecule has 1 unspecified atom stereocenters. The van der Waals surface area contributed by atoms with Crippen molar-refractivity contribution in [1.29, 1.82) is 0 Å². The van der Waals surface area contributed by atoms with Crippen LogP contribution in [-0.2, 0) is 16.7 Å². The number of alkyl halides is 3. The zero-order valence-electron chi connectivity index (χ0n) is 18.1. The molecule has 1 aliphatic heterocycles. The van der Waals surface area contributed by atoms with Crippen molar-refractivity contribution in [3.05, 3.63) is 66.1 Å². The summed E-state index contributed by atoms with van der Waals surface area (Å²) in [5.74, 6) is 0.314. The Labute approximate surface area is 191 Å². The van der Waals surface area contributed by atoms with E-state index in [1.54, 1.807) is 48.4 Å². The Hall–Kier alpha value is -3.96. The summed E-state index contributed by atoms with van der Waals surface area (Å²) >= 11 is 0. The van der Waals surface area contributed by atoms with Crippen LogP contribution in [0.15, 0.2) is 49.2 Å². The van der Waals surface area contributed by atoms with Crippen molar-refractivity contribution >= 4 is 12.1 Å². The second kappa shape index (κ2) is 8.12. The third-order valence-corrected chi connectivity index (χ3v) is 5.82. The Morgan fingerprint density at radius 1 is 1.18 bits per heavy atom. The molecular formula is C22H20F3N7O2. The first-order chi connectivity index (χ1) is 16.3. The van der Waals surface area contributed by atoms with Crippen molar-refractivity contribution in [3.8, 4) is 11.7 Å². The molecule has 0 N–H and O–H groups in total. The van der Waals surface area contributed by atoms with Gasteiger partial charge in [0, 0.05) is 37.8 Å². The summed E-state index contributed by atoms with van der Waals surface area (Å²) in [5.41, 5.74) is -1.53. The Bertz CT molecular complexity index is 1340. The summed E-state index contributed by atoms with van der Waals surface area (Å²) in [4.78, 5) is 26.4. The first-order valence-corrected chi connectivity index (χ1v) is 10.6. The van der Waals surface area contributed by atoms with Gasteiger partial charge in [0.1, 0.15) is 5.69 Å². The minimum absolute atomic E-state index is 0.0901. The fourth-order valence-corrected chi connectivity index (χ4v) is 4.36. The van der Waals surface area contributed by atoms with Crippen LogP contribution in [0.4, 0.5) is 13.2 Å². The molecule has 4 aromatic heterocycles.